The Morgan fingerprint density at radius 3 is 1.41 bits per heavy atom. The normalized spacial score (nSPS) is 19.0. The van der Waals surface area contributed by atoms with E-state index in [9.17, 15) is 34.5 Å². The highest BCUT2D eigenvalue weighted by Gasteiger charge is 2.50. The molecule has 1 rings (SSSR count). The number of ether oxygens (including phenoxy) is 5. The summed E-state index contributed by atoms with van der Waals surface area (Å²) in [5.41, 5.74) is 0. The van der Waals surface area contributed by atoms with Gasteiger partial charge in [-0.25, -0.2) is 4.79 Å². The zero-order valence-corrected chi connectivity index (χ0v) is 44.4. The van der Waals surface area contributed by atoms with Crippen LogP contribution in [-0.2, 0) is 42.9 Å². The first kappa shape index (κ1) is 65.2. The van der Waals surface area contributed by atoms with Crippen LogP contribution in [0.15, 0.2) is 72.9 Å². The minimum Gasteiger partial charge on any atom is -0.479 e. The van der Waals surface area contributed by atoms with E-state index in [1.165, 1.54) is 38.5 Å². The Kier molecular flexibility index (Phi) is 43.3. The standard InChI is InChI=1S/C59H98O12/c1-4-7-10-13-16-19-22-24-25-26-27-29-31-33-36-39-42-45-51(60)67-48-50(69-52(61)46-43-40-37-34-30-21-18-15-12-9-6-3)49-68-59-57(55(64)54(63)56(71-59)58(65)66)70-53(62)47-44-41-38-35-32-28-23-20-17-14-11-8-5-2/h7,10,15-16,18-20,23-25,27,29,50,54-57,59,63-64H,4-6,8-9,11-14,17,21-22,26,28,30-49H2,1-3H3,(H,65,66)/b10-7-,18-15-,19-16-,23-20-,25-24-,29-27-. The van der Waals surface area contributed by atoms with Gasteiger partial charge in [0.1, 0.15) is 18.8 Å². The Morgan fingerprint density at radius 1 is 0.479 bits per heavy atom. The lowest BCUT2D eigenvalue weighted by Gasteiger charge is -2.40. The first-order valence-electron chi connectivity index (χ1n) is 27.9. The van der Waals surface area contributed by atoms with Gasteiger partial charge in [-0.15, -0.1) is 0 Å². The maximum Gasteiger partial charge on any atom is 0.335 e. The van der Waals surface area contributed by atoms with Crippen LogP contribution in [-0.4, -0.2) is 89.2 Å². The Morgan fingerprint density at radius 2 is 0.901 bits per heavy atom. The van der Waals surface area contributed by atoms with E-state index in [-0.39, 0.29) is 25.9 Å². The van der Waals surface area contributed by atoms with Crippen molar-refractivity contribution >= 4 is 23.9 Å². The first-order valence-corrected chi connectivity index (χ1v) is 27.9. The van der Waals surface area contributed by atoms with Gasteiger partial charge in [0, 0.05) is 19.3 Å². The molecule has 6 atom stereocenters. The second-order valence-electron chi connectivity index (χ2n) is 18.8. The van der Waals surface area contributed by atoms with Crippen molar-refractivity contribution in [3.63, 3.8) is 0 Å². The number of hydrogen-bond donors (Lipinski definition) is 3. The van der Waals surface area contributed by atoms with Gasteiger partial charge in [-0.05, 0) is 103 Å². The summed E-state index contributed by atoms with van der Waals surface area (Å²) < 4.78 is 28.3. The molecule has 1 heterocycles. The number of rotatable bonds is 46. The lowest BCUT2D eigenvalue weighted by atomic mass is 9.98. The number of hydrogen-bond acceptors (Lipinski definition) is 11. The molecule has 406 valence electrons. The first-order chi connectivity index (χ1) is 34.6. The number of unbranched alkanes of at least 4 members (excludes halogenated alkanes) is 20. The molecule has 0 aromatic carbocycles. The lowest BCUT2D eigenvalue weighted by molar-refractivity contribution is -0.301. The van der Waals surface area contributed by atoms with Crippen LogP contribution in [0, 0.1) is 0 Å². The molecule has 0 aromatic heterocycles. The van der Waals surface area contributed by atoms with Gasteiger partial charge in [-0.3, -0.25) is 14.4 Å². The molecule has 6 unspecified atom stereocenters. The van der Waals surface area contributed by atoms with Gasteiger partial charge >= 0.3 is 23.9 Å². The molecule has 0 radical (unpaired) electrons. The highest BCUT2D eigenvalue weighted by molar-refractivity contribution is 5.74. The van der Waals surface area contributed by atoms with Crippen LogP contribution >= 0.6 is 0 Å². The molecule has 71 heavy (non-hydrogen) atoms. The molecule has 0 spiro atoms. The number of carboxylic acids is 1. The monoisotopic (exact) mass is 999 g/mol. The van der Waals surface area contributed by atoms with Crippen molar-refractivity contribution in [3.05, 3.63) is 72.9 Å². The highest BCUT2D eigenvalue weighted by Crippen LogP contribution is 2.26. The number of carbonyl (C=O) groups is 4. The second kappa shape index (κ2) is 47.2. The molecule has 1 aliphatic heterocycles. The molecule has 1 saturated heterocycles. The van der Waals surface area contributed by atoms with E-state index >= 15 is 0 Å². The predicted molar refractivity (Wildman–Crippen MR) is 285 cm³/mol. The summed E-state index contributed by atoms with van der Waals surface area (Å²) >= 11 is 0. The molecule has 0 aromatic rings. The van der Waals surface area contributed by atoms with E-state index in [4.69, 9.17) is 23.7 Å². The van der Waals surface area contributed by atoms with Gasteiger partial charge < -0.3 is 39.0 Å². The van der Waals surface area contributed by atoms with Crippen LogP contribution in [0.25, 0.3) is 0 Å². The quantitative estimate of drug-likeness (QED) is 0.0228. The zero-order chi connectivity index (χ0) is 51.8. The van der Waals surface area contributed by atoms with Crippen molar-refractivity contribution < 1.29 is 58.2 Å². The van der Waals surface area contributed by atoms with Crippen LogP contribution in [0.2, 0.25) is 0 Å². The fraction of sp³-hybridized carbons (Fsp3) is 0.729. The minimum absolute atomic E-state index is 0.0453. The van der Waals surface area contributed by atoms with E-state index in [1.54, 1.807) is 0 Å². The molecule has 1 fully saturated rings. The van der Waals surface area contributed by atoms with Crippen LogP contribution in [0.4, 0.5) is 0 Å². The molecule has 0 aliphatic carbocycles. The summed E-state index contributed by atoms with van der Waals surface area (Å²) in [6.45, 7) is 5.77. The molecule has 12 nitrogen and oxygen atoms in total. The molecular formula is C59H98O12. The third-order valence-electron chi connectivity index (χ3n) is 12.2. The maximum absolute atomic E-state index is 13.1. The van der Waals surface area contributed by atoms with Gasteiger partial charge in [0.05, 0.1) is 6.61 Å². The van der Waals surface area contributed by atoms with E-state index in [0.717, 1.165) is 128 Å². The lowest BCUT2D eigenvalue weighted by Crippen LogP contribution is -2.61. The smallest absolute Gasteiger partial charge is 0.335 e. The fourth-order valence-corrected chi connectivity index (χ4v) is 7.92. The summed E-state index contributed by atoms with van der Waals surface area (Å²) in [5.74, 6) is -3.18. The van der Waals surface area contributed by atoms with Crippen LogP contribution in [0.1, 0.15) is 226 Å². The summed E-state index contributed by atoms with van der Waals surface area (Å²) in [6, 6.07) is 0. The van der Waals surface area contributed by atoms with E-state index in [2.05, 4.69) is 93.7 Å². The number of esters is 3. The van der Waals surface area contributed by atoms with Crippen molar-refractivity contribution in [2.45, 2.75) is 263 Å². The molecular weight excluding hydrogens is 901 g/mol. The topological polar surface area (TPSA) is 175 Å². The number of aliphatic carboxylic acids is 1. The van der Waals surface area contributed by atoms with Crippen molar-refractivity contribution in [1.82, 2.24) is 0 Å². The average Bonchev–Trinajstić information content (AvgIpc) is 3.35. The molecule has 12 heteroatoms. The zero-order valence-electron chi connectivity index (χ0n) is 44.4. The number of allylic oxidation sites excluding steroid dienone is 12. The summed E-state index contributed by atoms with van der Waals surface area (Å²) in [4.78, 5) is 50.9. The minimum atomic E-state index is -1.91. The molecule has 3 N–H and O–H groups in total. The number of carboxylic acid groups (broad SMARTS) is 1. The van der Waals surface area contributed by atoms with E-state index in [1.807, 2.05) is 0 Å². The summed E-state index contributed by atoms with van der Waals surface area (Å²) in [5, 5.41) is 31.4. The predicted octanol–water partition coefficient (Wildman–Crippen LogP) is 13.8. The molecule has 0 saturated carbocycles. The van der Waals surface area contributed by atoms with Crippen molar-refractivity contribution in [1.29, 1.82) is 0 Å². The third-order valence-corrected chi connectivity index (χ3v) is 12.2. The van der Waals surface area contributed by atoms with Crippen molar-refractivity contribution in [2.75, 3.05) is 13.2 Å². The van der Waals surface area contributed by atoms with Gasteiger partial charge in [0.2, 0.25) is 0 Å². The number of aliphatic hydroxyl groups is 2. The maximum atomic E-state index is 13.1. The van der Waals surface area contributed by atoms with E-state index < -0.39 is 67.3 Å². The van der Waals surface area contributed by atoms with Crippen molar-refractivity contribution in [2.24, 2.45) is 0 Å². The van der Waals surface area contributed by atoms with Crippen LogP contribution in [0.3, 0.4) is 0 Å². The van der Waals surface area contributed by atoms with Crippen LogP contribution < -0.4 is 0 Å². The second-order valence-corrected chi connectivity index (χ2v) is 18.8. The highest BCUT2D eigenvalue weighted by atomic mass is 16.7. The Labute approximate surface area is 429 Å². The van der Waals surface area contributed by atoms with Crippen LogP contribution in [0.5, 0.6) is 0 Å². The molecule has 0 amide bonds. The third kappa shape index (κ3) is 37.6. The SMILES string of the molecule is CC/C=C\C/C=C\C/C=C\C/C=C\CCCCCCC(=O)OCC(COC1OC(C(=O)O)C(O)C(O)C1OC(=O)CCCCCCC/C=C\CCCCCC)OC(=O)CCCCCCC/C=C\CCCC. The van der Waals surface area contributed by atoms with Gasteiger partial charge in [0.25, 0.3) is 0 Å². The average molecular weight is 999 g/mol. The summed E-state index contributed by atoms with van der Waals surface area (Å²) in [6.07, 6.45) is 46.0. The van der Waals surface area contributed by atoms with E-state index in [0.29, 0.717) is 19.3 Å². The summed E-state index contributed by atoms with van der Waals surface area (Å²) in [7, 11) is 0. The Balaban J connectivity index is 2.72. The molecule has 1 aliphatic rings. The van der Waals surface area contributed by atoms with Gasteiger partial charge in [0.15, 0.2) is 24.6 Å². The fourth-order valence-electron chi connectivity index (χ4n) is 7.92. The Hall–Kier alpha value is -3.84. The molecule has 0 bridgehead atoms. The van der Waals surface area contributed by atoms with Crippen molar-refractivity contribution in [3.8, 4) is 0 Å². The van der Waals surface area contributed by atoms with Gasteiger partial charge in [-0.2, -0.15) is 0 Å². The largest absolute Gasteiger partial charge is 0.479 e. The number of aliphatic hydroxyl groups excluding tert-OH is 2. The Bertz CT molecular complexity index is 1510. The number of carbonyl (C=O) groups excluding carboxylic acids is 3. The van der Waals surface area contributed by atoms with Gasteiger partial charge in [-0.1, -0.05) is 177 Å².